The Morgan fingerprint density at radius 3 is 2.68 bits per heavy atom. The third kappa shape index (κ3) is 4.87. The lowest BCUT2D eigenvalue weighted by Gasteiger charge is -2.37. The fourth-order valence-electron chi connectivity index (χ4n) is 3.15. The van der Waals surface area contributed by atoms with E-state index in [1.807, 2.05) is 13.8 Å². The fourth-order valence-corrected chi connectivity index (χ4v) is 3.15. The molecular formula is C18H28FN3O3. The van der Waals surface area contributed by atoms with Crippen molar-refractivity contribution >= 4 is 5.97 Å². The quantitative estimate of drug-likeness (QED) is 0.666. The second-order valence-corrected chi connectivity index (χ2v) is 7.27. The van der Waals surface area contributed by atoms with Crippen molar-refractivity contribution in [2.75, 3.05) is 33.4 Å². The number of carbonyl (C=O) groups excluding carboxylic acids is 1. The first-order valence-corrected chi connectivity index (χ1v) is 8.81. The molecule has 0 aliphatic carbocycles. The van der Waals surface area contributed by atoms with Gasteiger partial charge in [-0.15, -0.1) is 0 Å². The minimum atomic E-state index is -0.712. The van der Waals surface area contributed by atoms with Gasteiger partial charge in [0.2, 0.25) is 0 Å². The van der Waals surface area contributed by atoms with Crippen LogP contribution in [0.3, 0.4) is 0 Å². The number of halogens is 1. The van der Waals surface area contributed by atoms with Gasteiger partial charge in [-0.2, -0.15) is 5.10 Å². The molecule has 0 aromatic carbocycles. The van der Waals surface area contributed by atoms with E-state index in [1.54, 1.807) is 13.0 Å². The van der Waals surface area contributed by atoms with E-state index in [4.69, 9.17) is 4.74 Å². The molecule has 0 radical (unpaired) electrons. The number of methoxy groups -OCH3 is 1. The van der Waals surface area contributed by atoms with Crippen LogP contribution in [0.15, 0.2) is 10.9 Å². The molecule has 1 fully saturated rings. The maximum absolute atomic E-state index is 12.5. The maximum atomic E-state index is 12.5. The van der Waals surface area contributed by atoms with Gasteiger partial charge >= 0.3 is 5.97 Å². The third-order valence-corrected chi connectivity index (χ3v) is 4.56. The summed E-state index contributed by atoms with van der Waals surface area (Å²) < 4.78 is 18.7. The Morgan fingerprint density at radius 2 is 2.12 bits per heavy atom. The molecule has 140 valence electrons. The Morgan fingerprint density at radius 1 is 1.44 bits per heavy atom. The smallest absolute Gasteiger partial charge is 0.330 e. The summed E-state index contributed by atoms with van der Waals surface area (Å²) in [5.41, 5.74) is 1.06. The van der Waals surface area contributed by atoms with Crippen molar-refractivity contribution in [1.82, 2.24) is 14.7 Å². The third-order valence-electron chi connectivity index (χ3n) is 4.56. The van der Waals surface area contributed by atoms with E-state index >= 15 is 0 Å². The van der Waals surface area contributed by atoms with Gasteiger partial charge in [0.1, 0.15) is 0 Å². The number of esters is 1. The zero-order chi connectivity index (χ0) is 18.6. The average Bonchev–Trinajstić information content (AvgIpc) is 2.53. The molecule has 1 aromatic heterocycles. The number of nitrogens with zero attached hydrogens (tertiary/aromatic N) is 3. The first-order chi connectivity index (χ1) is 11.8. The second kappa shape index (κ2) is 8.56. The van der Waals surface area contributed by atoms with Gasteiger partial charge in [0.15, 0.2) is 6.04 Å². The SMILES string of the molecule is COC(=O)C(CC(C)C)n1nc(CCN2CC(CF)C2)cc(C)c1=O. The van der Waals surface area contributed by atoms with E-state index < -0.39 is 12.0 Å². The minimum absolute atomic E-state index is 0.151. The topological polar surface area (TPSA) is 64.4 Å². The van der Waals surface area contributed by atoms with Crippen LogP contribution in [0.4, 0.5) is 4.39 Å². The molecule has 2 rings (SSSR count). The van der Waals surface area contributed by atoms with Gasteiger partial charge in [0.05, 0.1) is 19.5 Å². The molecular weight excluding hydrogens is 325 g/mol. The summed E-state index contributed by atoms with van der Waals surface area (Å²) >= 11 is 0. The van der Waals surface area contributed by atoms with E-state index in [2.05, 4.69) is 10.00 Å². The molecule has 7 heteroatoms. The largest absolute Gasteiger partial charge is 0.467 e. The number of hydrogen-bond donors (Lipinski definition) is 0. The second-order valence-electron chi connectivity index (χ2n) is 7.27. The lowest BCUT2D eigenvalue weighted by Crippen LogP contribution is -2.48. The summed E-state index contributed by atoms with van der Waals surface area (Å²) in [5.74, 6) is -0.0766. The van der Waals surface area contributed by atoms with Crippen molar-refractivity contribution in [1.29, 1.82) is 0 Å². The fraction of sp³-hybridized carbons (Fsp3) is 0.722. The lowest BCUT2D eigenvalue weighted by molar-refractivity contribution is -0.145. The van der Waals surface area contributed by atoms with Gasteiger partial charge in [0.25, 0.3) is 5.56 Å². The number of likely N-dealkylation sites (tertiary alicyclic amines) is 1. The van der Waals surface area contributed by atoms with E-state index in [-0.39, 0.29) is 24.1 Å². The van der Waals surface area contributed by atoms with Crippen LogP contribution in [-0.2, 0) is 16.0 Å². The molecule has 0 saturated carbocycles. The van der Waals surface area contributed by atoms with Gasteiger partial charge in [0, 0.05) is 37.5 Å². The van der Waals surface area contributed by atoms with Gasteiger partial charge in [-0.1, -0.05) is 13.8 Å². The van der Waals surface area contributed by atoms with Crippen LogP contribution in [0.1, 0.15) is 37.6 Å². The summed E-state index contributed by atoms with van der Waals surface area (Å²) in [6.07, 6.45) is 1.16. The van der Waals surface area contributed by atoms with E-state index in [9.17, 15) is 14.0 Å². The molecule has 2 heterocycles. The number of aromatic nitrogens is 2. The standard InChI is InChI=1S/C18H28FN3O3/c1-12(2)7-16(18(24)25-4)22-17(23)13(3)8-15(20-22)5-6-21-10-14(9-19)11-21/h8,12,14,16H,5-7,9-11H2,1-4H3. The normalized spacial score (nSPS) is 16.7. The van der Waals surface area contributed by atoms with Crippen LogP contribution in [0, 0.1) is 18.8 Å². The van der Waals surface area contributed by atoms with E-state index in [1.165, 1.54) is 11.8 Å². The van der Waals surface area contributed by atoms with Gasteiger partial charge in [-0.25, -0.2) is 9.48 Å². The van der Waals surface area contributed by atoms with Gasteiger partial charge in [-0.05, 0) is 25.3 Å². The Bertz CT molecular complexity index is 653. The first-order valence-electron chi connectivity index (χ1n) is 8.81. The van der Waals surface area contributed by atoms with E-state index in [0.717, 1.165) is 25.3 Å². The van der Waals surface area contributed by atoms with Crippen molar-refractivity contribution in [2.45, 2.75) is 39.7 Å². The molecule has 0 amide bonds. The van der Waals surface area contributed by atoms with Crippen LogP contribution in [0.2, 0.25) is 0 Å². The van der Waals surface area contributed by atoms with Crippen molar-refractivity contribution in [3.8, 4) is 0 Å². The maximum Gasteiger partial charge on any atom is 0.330 e. The number of carbonyl (C=O) groups is 1. The molecule has 25 heavy (non-hydrogen) atoms. The molecule has 1 atom stereocenters. The molecule has 0 N–H and O–H groups in total. The number of rotatable bonds is 8. The highest BCUT2D eigenvalue weighted by molar-refractivity contribution is 5.73. The summed E-state index contributed by atoms with van der Waals surface area (Å²) in [6, 6.07) is 1.06. The molecule has 1 aliphatic rings. The Hall–Kier alpha value is -1.76. The Labute approximate surface area is 148 Å². The molecule has 1 saturated heterocycles. The number of ether oxygens (including phenoxy) is 1. The molecule has 1 aromatic rings. The van der Waals surface area contributed by atoms with Crippen LogP contribution >= 0.6 is 0 Å². The molecule has 1 aliphatic heterocycles. The highest BCUT2D eigenvalue weighted by atomic mass is 19.1. The van der Waals surface area contributed by atoms with Crippen LogP contribution in [-0.4, -0.2) is 54.1 Å². The Kier molecular flexibility index (Phi) is 6.70. The zero-order valence-corrected chi connectivity index (χ0v) is 15.5. The number of alkyl halides is 1. The lowest BCUT2D eigenvalue weighted by atomic mass is 10.0. The Balaban J connectivity index is 2.17. The van der Waals surface area contributed by atoms with E-state index in [0.29, 0.717) is 18.4 Å². The van der Waals surface area contributed by atoms with Crippen LogP contribution in [0.25, 0.3) is 0 Å². The van der Waals surface area contributed by atoms with Crippen molar-refractivity contribution in [3.05, 3.63) is 27.7 Å². The summed E-state index contributed by atoms with van der Waals surface area (Å²) in [6.45, 7) is 7.76. The highest BCUT2D eigenvalue weighted by Crippen LogP contribution is 2.18. The monoisotopic (exact) mass is 353 g/mol. The number of aryl methyl sites for hydroxylation is 1. The predicted octanol–water partition coefficient (Wildman–Crippen LogP) is 1.76. The van der Waals surface area contributed by atoms with Crippen LogP contribution in [0.5, 0.6) is 0 Å². The zero-order valence-electron chi connectivity index (χ0n) is 15.5. The molecule has 0 bridgehead atoms. The van der Waals surface area contributed by atoms with Gasteiger partial charge in [-0.3, -0.25) is 9.18 Å². The summed E-state index contributed by atoms with van der Waals surface area (Å²) in [5, 5.41) is 4.43. The number of hydrogen-bond acceptors (Lipinski definition) is 5. The summed E-state index contributed by atoms with van der Waals surface area (Å²) in [4.78, 5) is 26.8. The van der Waals surface area contributed by atoms with Crippen molar-refractivity contribution < 1.29 is 13.9 Å². The van der Waals surface area contributed by atoms with Gasteiger partial charge < -0.3 is 9.64 Å². The minimum Gasteiger partial charge on any atom is -0.467 e. The first kappa shape index (κ1) is 19.6. The van der Waals surface area contributed by atoms with Crippen molar-refractivity contribution in [2.24, 2.45) is 11.8 Å². The summed E-state index contributed by atoms with van der Waals surface area (Å²) in [7, 11) is 1.32. The molecule has 6 nitrogen and oxygen atoms in total. The van der Waals surface area contributed by atoms with Crippen molar-refractivity contribution in [3.63, 3.8) is 0 Å². The van der Waals surface area contributed by atoms with Crippen LogP contribution < -0.4 is 5.56 Å². The molecule has 1 unspecified atom stereocenters. The highest BCUT2D eigenvalue weighted by Gasteiger charge is 2.27. The predicted molar refractivity (Wildman–Crippen MR) is 93.4 cm³/mol. The molecule has 0 spiro atoms. The average molecular weight is 353 g/mol.